The molecule has 1 unspecified atom stereocenters. The zero-order valence-electron chi connectivity index (χ0n) is 25.1. The number of benzene rings is 1. The van der Waals surface area contributed by atoms with Crippen LogP contribution < -0.4 is 21.3 Å². The molecule has 0 radical (unpaired) electrons. The second-order valence-corrected chi connectivity index (χ2v) is 12.2. The average molecular weight is 732 g/mol. The van der Waals surface area contributed by atoms with Crippen molar-refractivity contribution in [1.29, 1.82) is 0 Å². The zero-order chi connectivity index (χ0) is 32.5. The molecule has 0 saturated heterocycles. The lowest BCUT2D eigenvalue weighted by Crippen LogP contribution is -2.59. The number of aliphatic hydroxyl groups excluding tert-OH is 1. The van der Waals surface area contributed by atoms with Crippen LogP contribution in [0.25, 0.3) is 10.9 Å². The summed E-state index contributed by atoms with van der Waals surface area (Å²) in [5, 5.41) is 22.3. The van der Waals surface area contributed by atoms with Crippen LogP contribution in [0, 0.1) is 5.92 Å². The van der Waals surface area contributed by atoms with Crippen molar-refractivity contribution in [2.75, 3.05) is 0 Å². The predicted octanol–water partition coefficient (Wildman–Crippen LogP) is 1.01. The molecule has 0 saturated carbocycles. The summed E-state index contributed by atoms with van der Waals surface area (Å²) in [7, 11) is 0. The summed E-state index contributed by atoms with van der Waals surface area (Å²) >= 11 is 1.63. The second-order valence-electron chi connectivity index (χ2n) is 11.2. The molecular formula is C30H38IN9O5. The third-order valence-electron chi connectivity index (χ3n) is 7.29. The van der Waals surface area contributed by atoms with Crippen molar-refractivity contribution in [2.24, 2.45) is 5.92 Å². The Morgan fingerprint density at radius 1 is 0.800 bits per heavy atom. The summed E-state index contributed by atoms with van der Waals surface area (Å²) in [6.45, 7) is 5.07. The van der Waals surface area contributed by atoms with Crippen LogP contribution in [0.5, 0.6) is 0 Å². The standard InChI is InChI=1S/C30H38IN9O5/c1-16(2)26(40-29(44)24(37-17(3)41)8-18-11-34-22-7-5-4-6-21(18)22)30(45)39-25(10-20-13-33-15-36-20)28(43)38-23(27(31)42)9-19-12-32-14-35-19/h4-7,11-17,23-26,34,37,41H,8-10H2,1-3H3,(H,32,35)(H,33,36)(H,38,43)(H,39,45)(H,40,44)/t17?,23-,24-,25-,26-/m0/s1. The maximum Gasteiger partial charge on any atom is 0.243 e. The largest absolute Gasteiger partial charge is 0.379 e. The van der Waals surface area contributed by atoms with Crippen LogP contribution in [0.15, 0.2) is 55.5 Å². The number of halogens is 1. The first-order valence-corrected chi connectivity index (χ1v) is 15.6. The number of hydrogen-bond donors (Lipinski definition) is 8. The van der Waals surface area contributed by atoms with Crippen LogP contribution in [0.1, 0.15) is 37.7 Å². The molecule has 3 amide bonds. The minimum atomic E-state index is -1.09. The van der Waals surface area contributed by atoms with E-state index >= 15 is 0 Å². The number of H-pyrrole nitrogens is 3. The normalized spacial score (nSPS) is 14.8. The maximum absolute atomic E-state index is 13.7. The Morgan fingerprint density at radius 2 is 1.40 bits per heavy atom. The molecule has 4 aromatic rings. The van der Waals surface area contributed by atoms with Gasteiger partial charge in [-0.15, -0.1) is 0 Å². The molecule has 0 fully saturated rings. The van der Waals surface area contributed by atoms with Gasteiger partial charge in [-0.25, -0.2) is 9.97 Å². The van der Waals surface area contributed by atoms with Gasteiger partial charge < -0.3 is 36.0 Å². The second kappa shape index (κ2) is 15.8. The topological polar surface area (TPSA) is 210 Å². The molecule has 240 valence electrons. The summed E-state index contributed by atoms with van der Waals surface area (Å²) in [5.41, 5.74) is 3.04. The van der Waals surface area contributed by atoms with Gasteiger partial charge in [0.15, 0.2) is 0 Å². The van der Waals surface area contributed by atoms with Gasteiger partial charge in [0.05, 0.1) is 18.7 Å². The van der Waals surface area contributed by atoms with Gasteiger partial charge in [-0.1, -0.05) is 32.0 Å². The quantitative estimate of drug-likeness (QED) is 0.0473. The number of aromatic amines is 3. The molecule has 3 aromatic heterocycles. The molecule has 14 nitrogen and oxygen atoms in total. The number of hydrogen-bond acceptors (Lipinski definition) is 8. The fourth-order valence-corrected chi connectivity index (χ4v) is 5.37. The van der Waals surface area contributed by atoms with Gasteiger partial charge in [0.25, 0.3) is 0 Å². The fraction of sp³-hybridized carbons (Fsp3) is 0.400. The van der Waals surface area contributed by atoms with E-state index in [9.17, 15) is 24.3 Å². The first-order valence-electron chi connectivity index (χ1n) is 14.6. The molecule has 8 N–H and O–H groups in total. The van der Waals surface area contributed by atoms with Gasteiger partial charge in [0.1, 0.15) is 24.4 Å². The summed E-state index contributed by atoms with van der Waals surface area (Å²) in [6.07, 6.45) is 7.38. The van der Waals surface area contributed by atoms with Crippen LogP contribution in [0.2, 0.25) is 0 Å². The SMILES string of the molecule is CC(O)N[C@@H](Cc1c[nH]c2ccccc12)C(=O)N[C@H](C(=O)N[C@@H](Cc1cnc[nH]1)C(=O)N[C@@H](Cc1cnc[nH]1)C(=O)I)C(C)C. The Balaban J connectivity index is 1.50. The van der Waals surface area contributed by atoms with Crippen LogP contribution >= 0.6 is 22.6 Å². The van der Waals surface area contributed by atoms with Crippen molar-refractivity contribution < 1.29 is 24.3 Å². The molecule has 0 spiro atoms. The van der Waals surface area contributed by atoms with E-state index in [0.717, 1.165) is 16.5 Å². The van der Waals surface area contributed by atoms with Gasteiger partial charge >= 0.3 is 0 Å². The Kier molecular flexibility index (Phi) is 11.8. The molecule has 0 aliphatic rings. The Hall–Kier alpha value is -4.09. The molecule has 0 aliphatic heterocycles. The third kappa shape index (κ3) is 9.45. The summed E-state index contributed by atoms with van der Waals surface area (Å²) in [5.74, 6) is -1.99. The van der Waals surface area contributed by atoms with Crippen molar-refractivity contribution in [1.82, 2.24) is 46.2 Å². The number of para-hydroxylation sites is 1. The lowest BCUT2D eigenvalue weighted by molar-refractivity contribution is -0.134. The van der Waals surface area contributed by atoms with E-state index in [0.29, 0.717) is 11.4 Å². The number of nitrogens with zero attached hydrogens (tertiary/aromatic N) is 2. The van der Waals surface area contributed by atoms with E-state index in [2.05, 4.69) is 46.2 Å². The van der Waals surface area contributed by atoms with Crippen LogP contribution in [0.3, 0.4) is 0 Å². The maximum atomic E-state index is 13.7. The number of nitrogens with one attached hydrogen (secondary N) is 7. The van der Waals surface area contributed by atoms with Gasteiger partial charge in [0, 0.05) is 76.3 Å². The lowest BCUT2D eigenvalue weighted by atomic mass is 9.99. The smallest absolute Gasteiger partial charge is 0.243 e. The van der Waals surface area contributed by atoms with E-state index in [-0.39, 0.29) is 29.0 Å². The highest BCUT2D eigenvalue weighted by atomic mass is 127. The minimum absolute atomic E-state index is 0.0648. The van der Waals surface area contributed by atoms with Gasteiger partial charge in [-0.05, 0) is 30.9 Å². The van der Waals surface area contributed by atoms with E-state index in [1.54, 1.807) is 42.6 Å². The third-order valence-corrected chi connectivity index (χ3v) is 8.04. The highest BCUT2D eigenvalue weighted by Crippen LogP contribution is 2.19. The van der Waals surface area contributed by atoms with Gasteiger partial charge in [0.2, 0.25) is 21.5 Å². The molecule has 15 heteroatoms. The van der Waals surface area contributed by atoms with Crippen LogP contribution in [-0.2, 0) is 38.4 Å². The van der Waals surface area contributed by atoms with Crippen LogP contribution in [-0.4, -0.2) is 81.9 Å². The van der Waals surface area contributed by atoms with E-state index in [1.165, 1.54) is 25.8 Å². The molecule has 0 aliphatic carbocycles. The summed E-state index contributed by atoms with van der Waals surface area (Å²) < 4.78 is -0.290. The Labute approximate surface area is 273 Å². The molecule has 4 rings (SSSR count). The van der Waals surface area contributed by atoms with Crippen molar-refractivity contribution >= 4 is 55.0 Å². The van der Waals surface area contributed by atoms with Crippen LogP contribution in [0.4, 0.5) is 0 Å². The Morgan fingerprint density at radius 3 is 1.98 bits per heavy atom. The monoisotopic (exact) mass is 731 g/mol. The molecule has 45 heavy (non-hydrogen) atoms. The number of carbonyl (C=O) groups is 4. The van der Waals surface area contributed by atoms with Gasteiger partial charge in [-0.2, -0.15) is 0 Å². The highest BCUT2D eigenvalue weighted by molar-refractivity contribution is 14.1. The minimum Gasteiger partial charge on any atom is -0.379 e. The number of aromatic nitrogens is 5. The highest BCUT2D eigenvalue weighted by Gasteiger charge is 2.33. The van der Waals surface area contributed by atoms with Crippen molar-refractivity contribution in [3.05, 3.63) is 72.5 Å². The first kappa shape index (κ1) is 33.8. The number of fused-ring (bicyclic) bond motifs is 1. The summed E-state index contributed by atoms with van der Waals surface area (Å²) in [4.78, 5) is 70.2. The molecule has 5 atom stereocenters. The van der Waals surface area contributed by atoms with Crippen molar-refractivity contribution in [3.8, 4) is 0 Å². The van der Waals surface area contributed by atoms with Crippen molar-refractivity contribution in [2.45, 2.75) is 70.4 Å². The zero-order valence-corrected chi connectivity index (χ0v) is 27.3. The number of rotatable bonds is 16. The first-order chi connectivity index (χ1) is 21.5. The number of imidazole rings is 2. The molecule has 0 bridgehead atoms. The number of aliphatic hydroxyl groups is 1. The lowest BCUT2D eigenvalue weighted by Gasteiger charge is -2.28. The van der Waals surface area contributed by atoms with E-state index < -0.39 is 48.1 Å². The fourth-order valence-electron chi connectivity index (χ4n) is 4.99. The van der Waals surface area contributed by atoms with E-state index in [4.69, 9.17) is 0 Å². The average Bonchev–Trinajstić information content (AvgIpc) is 3.77. The predicted molar refractivity (Wildman–Crippen MR) is 175 cm³/mol. The number of amides is 3. The summed E-state index contributed by atoms with van der Waals surface area (Å²) in [6, 6.07) is 3.86. The van der Waals surface area contributed by atoms with Crippen molar-refractivity contribution in [3.63, 3.8) is 0 Å². The van der Waals surface area contributed by atoms with E-state index in [1.807, 2.05) is 30.5 Å². The number of carbonyl (C=O) groups excluding carboxylic acids is 4. The molecule has 1 aromatic carbocycles. The molecule has 3 heterocycles. The van der Waals surface area contributed by atoms with Gasteiger partial charge in [-0.3, -0.25) is 24.5 Å². The molecular weight excluding hydrogens is 693 g/mol. The Bertz CT molecular complexity index is 1570.